The molecule has 0 saturated heterocycles. The number of para-hydroxylation sites is 1. The molecular weight excluding hydrogens is 460 g/mol. The van der Waals surface area contributed by atoms with E-state index in [9.17, 15) is 24.3 Å². The van der Waals surface area contributed by atoms with Gasteiger partial charge >= 0.3 is 11.9 Å². The molecule has 1 heterocycles. The van der Waals surface area contributed by atoms with Crippen LogP contribution in [-0.2, 0) is 32.1 Å². The largest absolute Gasteiger partial charge is 0.480 e. The van der Waals surface area contributed by atoms with Crippen molar-refractivity contribution in [3.05, 3.63) is 102 Å². The number of carbonyl (C=O) groups excluding carboxylic acids is 3. The number of fused-ring (bicyclic) bond motifs is 1. The van der Waals surface area contributed by atoms with Crippen LogP contribution in [0, 0.1) is 0 Å². The molecule has 8 heteroatoms. The van der Waals surface area contributed by atoms with Crippen LogP contribution < -0.4 is 10.2 Å². The molecule has 0 spiro atoms. The van der Waals surface area contributed by atoms with Crippen LogP contribution in [0.5, 0.6) is 0 Å². The van der Waals surface area contributed by atoms with Crippen molar-refractivity contribution >= 4 is 29.4 Å². The van der Waals surface area contributed by atoms with E-state index in [1.807, 2.05) is 30.3 Å². The van der Waals surface area contributed by atoms with Gasteiger partial charge in [0.2, 0.25) is 5.91 Å². The van der Waals surface area contributed by atoms with Crippen LogP contribution >= 0.6 is 0 Å². The third-order valence-corrected chi connectivity index (χ3v) is 6.03. The maximum atomic E-state index is 13.2. The molecule has 1 aliphatic heterocycles. The van der Waals surface area contributed by atoms with E-state index in [0.29, 0.717) is 11.3 Å². The average Bonchev–Trinajstić information content (AvgIpc) is 3.31. The van der Waals surface area contributed by atoms with Crippen molar-refractivity contribution in [2.24, 2.45) is 0 Å². The molecule has 184 valence electrons. The fourth-order valence-electron chi connectivity index (χ4n) is 4.19. The van der Waals surface area contributed by atoms with E-state index in [-0.39, 0.29) is 25.9 Å². The summed E-state index contributed by atoms with van der Waals surface area (Å²) in [5.74, 6) is -2.69. The third-order valence-electron chi connectivity index (χ3n) is 6.03. The Balaban J connectivity index is 1.47. The molecule has 0 bridgehead atoms. The normalized spacial score (nSPS) is 15.0. The predicted octanol–water partition coefficient (Wildman–Crippen LogP) is 3.35. The first kappa shape index (κ1) is 24.7. The molecule has 0 aromatic heterocycles. The van der Waals surface area contributed by atoms with Gasteiger partial charge in [0, 0.05) is 24.1 Å². The first-order chi connectivity index (χ1) is 17.4. The molecule has 2 atom stereocenters. The van der Waals surface area contributed by atoms with E-state index >= 15 is 0 Å². The van der Waals surface area contributed by atoms with Gasteiger partial charge in [-0.25, -0.2) is 9.59 Å². The highest BCUT2D eigenvalue weighted by Gasteiger charge is 2.38. The fraction of sp³-hybridized carbons (Fsp3) is 0.214. The highest BCUT2D eigenvalue weighted by atomic mass is 16.5. The molecule has 0 radical (unpaired) electrons. The van der Waals surface area contributed by atoms with E-state index in [0.717, 1.165) is 11.1 Å². The van der Waals surface area contributed by atoms with Crippen molar-refractivity contribution in [3.8, 4) is 0 Å². The minimum atomic E-state index is -1.10. The molecule has 1 aliphatic rings. The Morgan fingerprint density at radius 3 is 2.25 bits per heavy atom. The van der Waals surface area contributed by atoms with Gasteiger partial charge in [-0.3, -0.25) is 14.5 Å². The highest BCUT2D eigenvalue weighted by molar-refractivity contribution is 6.02. The smallest absolute Gasteiger partial charge is 0.328 e. The topological polar surface area (TPSA) is 113 Å². The second-order valence-electron chi connectivity index (χ2n) is 8.47. The van der Waals surface area contributed by atoms with Gasteiger partial charge in [-0.1, -0.05) is 66.7 Å². The molecule has 3 aromatic carbocycles. The van der Waals surface area contributed by atoms with Gasteiger partial charge in [-0.2, -0.15) is 0 Å². The van der Waals surface area contributed by atoms with Crippen LogP contribution in [0.2, 0.25) is 0 Å². The van der Waals surface area contributed by atoms with E-state index in [2.05, 4.69) is 5.32 Å². The Morgan fingerprint density at radius 2 is 1.56 bits per heavy atom. The molecule has 36 heavy (non-hydrogen) atoms. The van der Waals surface area contributed by atoms with Crippen molar-refractivity contribution in [1.29, 1.82) is 0 Å². The number of nitrogens with one attached hydrogen (secondary N) is 1. The summed E-state index contributed by atoms with van der Waals surface area (Å²) in [6, 6.07) is 22.5. The van der Waals surface area contributed by atoms with E-state index < -0.39 is 35.8 Å². The number of carboxylic acid groups (broad SMARTS) is 1. The molecule has 0 aliphatic carbocycles. The molecule has 4 rings (SSSR count). The van der Waals surface area contributed by atoms with E-state index in [1.165, 1.54) is 4.90 Å². The Hall–Kier alpha value is -4.46. The molecule has 0 fully saturated rings. The van der Waals surface area contributed by atoms with Crippen LogP contribution in [0.25, 0.3) is 0 Å². The Kier molecular flexibility index (Phi) is 7.75. The minimum absolute atomic E-state index is 0.0198. The van der Waals surface area contributed by atoms with Crippen LogP contribution in [0.4, 0.5) is 5.69 Å². The number of rotatable bonds is 9. The predicted molar refractivity (Wildman–Crippen MR) is 132 cm³/mol. The van der Waals surface area contributed by atoms with Crippen molar-refractivity contribution in [2.75, 3.05) is 4.90 Å². The standard InChI is InChI=1S/C28H26N2O6/c31-25(30-23-14-8-7-13-21(23)17-24(30)27(33)34)16-15-22(29-26(32)20-11-5-2-6-12-20)28(35)36-18-19-9-3-1-4-10-19/h1-14,22,24H,15-18H2,(H,29,32)(H,33,34)/t22-,24+/m1/s1. The zero-order valence-electron chi connectivity index (χ0n) is 19.5. The lowest BCUT2D eigenvalue weighted by Gasteiger charge is -2.24. The maximum Gasteiger partial charge on any atom is 0.328 e. The summed E-state index contributed by atoms with van der Waals surface area (Å²) in [7, 11) is 0. The minimum Gasteiger partial charge on any atom is -0.480 e. The van der Waals surface area contributed by atoms with Crippen LogP contribution in [-0.4, -0.2) is 40.9 Å². The van der Waals surface area contributed by atoms with Gasteiger partial charge in [0.25, 0.3) is 5.91 Å². The summed E-state index contributed by atoms with van der Waals surface area (Å²) in [6.45, 7) is 0.0198. The second-order valence-corrected chi connectivity index (χ2v) is 8.47. The number of carbonyl (C=O) groups is 4. The van der Waals surface area contributed by atoms with Gasteiger partial charge in [-0.15, -0.1) is 0 Å². The van der Waals surface area contributed by atoms with E-state index in [4.69, 9.17) is 4.74 Å². The number of hydrogen-bond acceptors (Lipinski definition) is 5. The van der Waals surface area contributed by atoms with Crippen LogP contribution in [0.3, 0.4) is 0 Å². The Labute approximate surface area is 208 Å². The number of aliphatic carboxylic acids is 1. The highest BCUT2D eigenvalue weighted by Crippen LogP contribution is 2.33. The van der Waals surface area contributed by atoms with Crippen molar-refractivity contribution < 1.29 is 29.0 Å². The summed E-state index contributed by atoms with van der Waals surface area (Å²) < 4.78 is 5.43. The van der Waals surface area contributed by atoms with Crippen molar-refractivity contribution in [3.63, 3.8) is 0 Å². The Morgan fingerprint density at radius 1 is 0.917 bits per heavy atom. The molecule has 8 nitrogen and oxygen atoms in total. The summed E-state index contributed by atoms with van der Waals surface area (Å²) in [5.41, 5.74) is 2.47. The number of ether oxygens (including phenoxy) is 1. The van der Waals surface area contributed by atoms with Gasteiger partial charge in [0.05, 0.1) is 0 Å². The molecule has 3 aromatic rings. The van der Waals surface area contributed by atoms with Gasteiger partial charge in [0.1, 0.15) is 18.7 Å². The SMILES string of the molecule is O=C(N[C@H](CCC(=O)N1c2ccccc2C[C@H]1C(=O)O)C(=O)OCc1ccccc1)c1ccccc1. The number of benzene rings is 3. The Bertz CT molecular complexity index is 1250. The summed E-state index contributed by atoms with van der Waals surface area (Å²) in [6.07, 6.45) is 0.0128. The lowest BCUT2D eigenvalue weighted by atomic mass is 10.1. The summed E-state index contributed by atoms with van der Waals surface area (Å²) in [4.78, 5) is 52.0. The number of esters is 1. The molecule has 0 saturated carbocycles. The first-order valence-corrected chi connectivity index (χ1v) is 11.6. The lowest BCUT2D eigenvalue weighted by molar-refractivity contribution is -0.147. The van der Waals surface area contributed by atoms with Crippen molar-refractivity contribution in [2.45, 2.75) is 38.0 Å². The quantitative estimate of drug-likeness (QED) is 0.449. The van der Waals surface area contributed by atoms with Gasteiger partial charge < -0.3 is 15.2 Å². The summed E-state index contributed by atoms with van der Waals surface area (Å²) >= 11 is 0. The van der Waals surface area contributed by atoms with Crippen molar-refractivity contribution in [1.82, 2.24) is 5.32 Å². The number of amides is 2. The third kappa shape index (κ3) is 5.78. The molecule has 0 unspecified atom stereocenters. The first-order valence-electron chi connectivity index (χ1n) is 11.6. The maximum absolute atomic E-state index is 13.2. The molecule has 2 N–H and O–H groups in total. The monoisotopic (exact) mass is 486 g/mol. The second kappa shape index (κ2) is 11.3. The number of anilines is 1. The zero-order valence-corrected chi connectivity index (χ0v) is 19.5. The van der Waals surface area contributed by atoms with Gasteiger partial charge in [0.15, 0.2) is 0 Å². The van der Waals surface area contributed by atoms with Gasteiger partial charge in [-0.05, 0) is 35.7 Å². The number of hydrogen-bond donors (Lipinski definition) is 2. The van der Waals surface area contributed by atoms with Crippen LogP contribution in [0.1, 0.15) is 34.3 Å². The summed E-state index contributed by atoms with van der Waals surface area (Å²) in [5, 5.41) is 12.3. The lowest BCUT2D eigenvalue weighted by Crippen LogP contribution is -2.45. The molecule has 2 amide bonds. The average molecular weight is 487 g/mol. The zero-order chi connectivity index (χ0) is 25.5. The number of carboxylic acids is 1. The van der Waals surface area contributed by atoms with Crippen LogP contribution in [0.15, 0.2) is 84.9 Å². The van der Waals surface area contributed by atoms with E-state index in [1.54, 1.807) is 54.6 Å². The molecular formula is C28H26N2O6. The number of nitrogens with zero attached hydrogens (tertiary/aromatic N) is 1. The fourth-order valence-corrected chi connectivity index (χ4v) is 4.19.